The second-order valence-corrected chi connectivity index (χ2v) is 6.29. The molecule has 1 saturated carbocycles. The summed E-state index contributed by atoms with van der Waals surface area (Å²) in [5.41, 5.74) is 9.12. The van der Waals surface area contributed by atoms with Gasteiger partial charge >= 0.3 is 0 Å². The van der Waals surface area contributed by atoms with E-state index in [0.717, 1.165) is 34.9 Å². The first-order chi connectivity index (χ1) is 8.97. The van der Waals surface area contributed by atoms with Crippen molar-refractivity contribution in [2.45, 2.75) is 39.8 Å². The molecule has 1 unspecified atom stereocenters. The van der Waals surface area contributed by atoms with Crippen LogP contribution in [0.2, 0.25) is 0 Å². The highest BCUT2D eigenvalue weighted by atomic mass is 79.9. The third-order valence-electron chi connectivity index (χ3n) is 3.54. The van der Waals surface area contributed by atoms with E-state index in [4.69, 9.17) is 5.73 Å². The van der Waals surface area contributed by atoms with Gasteiger partial charge in [0.25, 0.3) is 0 Å². The molecule has 0 bridgehead atoms. The SMILES string of the molecule is CC1=CN(CC(C(Br)=NCC2CC2)=C(C)N)C(C)N1. The van der Waals surface area contributed by atoms with E-state index >= 15 is 0 Å². The minimum absolute atomic E-state index is 0.304. The van der Waals surface area contributed by atoms with Gasteiger partial charge in [-0.3, -0.25) is 4.99 Å². The minimum Gasteiger partial charge on any atom is -0.402 e. The first-order valence-electron chi connectivity index (χ1n) is 6.83. The van der Waals surface area contributed by atoms with Crippen molar-refractivity contribution >= 4 is 20.6 Å². The van der Waals surface area contributed by atoms with Gasteiger partial charge in [0.15, 0.2) is 0 Å². The minimum atomic E-state index is 0.304. The van der Waals surface area contributed by atoms with Gasteiger partial charge in [-0.2, -0.15) is 0 Å². The maximum Gasteiger partial charge on any atom is 0.107 e. The summed E-state index contributed by atoms with van der Waals surface area (Å²) in [7, 11) is 0. The van der Waals surface area contributed by atoms with Gasteiger partial charge < -0.3 is 16.0 Å². The van der Waals surface area contributed by atoms with Gasteiger partial charge in [-0.1, -0.05) is 0 Å². The van der Waals surface area contributed by atoms with Gasteiger partial charge in [0, 0.05) is 36.3 Å². The van der Waals surface area contributed by atoms with Crippen LogP contribution in [-0.2, 0) is 0 Å². The molecule has 0 saturated heterocycles. The number of halogens is 1. The average Bonchev–Trinajstić information content (AvgIpc) is 3.09. The Labute approximate surface area is 124 Å². The Hall–Kier alpha value is -0.970. The van der Waals surface area contributed by atoms with E-state index in [1.165, 1.54) is 18.5 Å². The second kappa shape index (κ2) is 5.99. The number of nitrogens with two attached hydrogens (primary N) is 1. The van der Waals surface area contributed by atoms with Crippen molar-refractivity contribution in [3.8, 4) is 0 Å². The largest absolute Gasteiger partial charge is 0.402 e. The molecule has 0 spiro atoms. The topological polar surface area (TPSA) is 53.6 Å². The smallest absolute Gasteiger partial charge is 0.107 e. The third kappa shape index (κ3) is 4.00. The molecule has 19 heavy (non-hydrogen) atoms. The number of allylic oxidation sites excluding steroid dienone is 2. The van der Waals surface area contributed by atoms with Gasteiger partial charge in [-0.25, -0.2) is 0 Å². The molecule has 1 atom stereocenters. The van der Waals surface area contributed by atoms with Crippen molar-refractivity contribution in [2.24, 2.45) is 16.6 Å². The van der Waals surface area contributed by atoms with E-state index in [1.807, 2.05) is 6.92 Å². The van der Waals surface area contributed by atoms with Crippen molar-refractivity contribution in [3.63, 3.8) is 0 Å². The predicted molar refractivity (Wildman–Crippen MR) is 83.9 cm³/mol. The lowest BCUT2D eigenvalue weighted by Crippen LogP contribution is -2.35. The lowest BCUT2D eigenvalue weighted by atomic mass is 10.2. The van der Waals surface area contributed by atoms with Crippen molar-refractivity contribution < 1.29 is 0 Å². The summed E-state index contributed by atoms with van der Waals surface area (Å²) in [4.78, 5) is 6.87. The third-order valence-corrected chi connectivity index (χ3v) is 4.27. The molecule has 3 N–H and O–H groups in total. The van der Waals surface area contributed by atoms with Crippen molar-refractivity contribution in [1.29, 1.82) is 0 Å². The molecular formula is C14H23BrN4. The lowest BCUT2D eigenvalue weighted by Gasteiger charge is -2.23. The maximum atomic E-state index is 6.02. The molecule has 106 valence electrons. The molecule has 1 fully saturated rings. The van der Waals surface area contributed by atoms with Crippen LogP contribution in [0.3, 0.4) is 0 Å². The summed E-state index contributed by atoms with van der Waals surface area (Å²) < 4.78 is 0.907. The Morgan fingerprint density at radius 1 is 1.58 bits per heavy atom. The number of hydrogen-bond acceptors (Lipinski definition) is 4. The van der Waals surface area contributed by atoms with Crippen molar-refractivity contribution in [1.82, 2.24) is 10.2 Å². The summed E-state index contributed by atoms with van der Waals surface area (Å²) in [6, 6.07) is 0. The summed E-state index contributed by atoms with van der Waals surface area (Å²) >= 11 is 3.59. The molecule has 0 aromatic rings. The zero-order valence-corrected chi connectivity index (χ0v) is 13.5. The number of aliphatic imine (C=N–C) groups is 1. The molecule has 0 aromatic heterocycles. The Balaban J connectivity index is 2.04. The van der Waals surface area contributed by atoms with Crippen molar-refractivity contribution in [2.75, 3.05) is 13.1 Å². The molecule has 2 rings (SSSR count). The second-order valence-electron chi connectivity index (χ2n) is 5.54. The Morgan fingerprint density at radius 3 is 2.74 bits per heavy atom. The monoisotopic (exact) mass is 326 g/mol. The van der Waals surface area contributed by atoms with Crippen LogP contribution in [0.5, 0.6) is 0 Å². The molecule has 1 aliphatic carbocycles. The van der Waals surface area contributed by atoms with E-state index in [0.29, 0.717) is 6.17 Å². The predicted octanol–water partition coefficient (Wildman–Crippen LogP) is 2.54. The van der Waals surface area contributed by atoms with Crippen LogP contribution in [0.4, 0.5) is 0 Å². The van der Waals surface area contributed by atoms with Crippen LogP contribution in [0, 0.1) is 5.92 Å². The number of nitrogens with zero attached hydrogens (tertiary/aromatic N) is 2. The van der Waals surface area contributed by atoms with E-state index in [9.17, 15) is 0 Å². The molecule has 4 nitrogen and oxygen atoms in total. The van der Waals surface area contributed by atoms with Crippen LogP contribution >= 0.6 is 15.9 Å². The highest BCUT2D eigenvalue weighted by Crippen LogP contribution is 2.29. The first-order valence-corrected chi connectivity index (χ1v) is 7.63. The number of rotatable bonds is 5. The van der Waals surface area contributed by atoms with E-state index in [1.54, 1.807) is 0 Å². The quantitative estimate of drug-likeness (QED) is 0.763. The Bertz CT molecular complexity index is 431. The normalized spacial score (nSPS) is 25.1. The molecular weight excluding hydrogens is 304 g/mol. The van der Waals surface area contributed by atoms with Crippen LogP contribution in [0.25, 0.3) is 0 Å². The van der Waals surface area contributed by atoms with Gasteiger partial charge in [-0.15, -0.1) is 0 Å². The summed E-state index contributed by atoms with van der Waals surface area (Å²) in [6.07, 6.45) is 5.08. The number of hydrogen-bond donors (Lipinski definition) is 2. The molecule has 0 aromatic carbocycles. The Morgan fingerprint density at radius 2 is 2.26 bits per heavy atom. The summed E-state index contributed by atoms with van der Waals surface area (Å²) in [6.45, 7) is 7.85. The lowest BCUT2D eigenvalue weighted by molar-refractivity contribution is 0.321. The Kier molecular flexibility index (Phi) is 4.55. The van der Waals surface area contributed by atoms with Gasteiger partial charge in [0.1, 0.15) is 4.62 Å². The molecule has 2 aliphatic rings. The van der Waals surface area contributed by atoms with E-state index in [2.05, 4.69) is 51.2 Å². The van der Waals surface area contributed by atoms with Crippen LogP contribution < -0.4 is 11.1 Å². The van der Waals surface area contributed by atoms with Gasteiger partial charge in [0.05, 0.1) is 6.17 Å². The van der Waals surface area contributed by atoms with E-state index in [-0.39, 0.29) is 0 Å². The molecule has 1 aliphatic heterocycles. The first kappa shape index (κ1) is 14.4. The molecule has 0 radical (unpaired) electrons. The van der Waals surface area contributed by atoms with Crippen LogP contribution in [0.15, 0.2) is 28.2 Å². The molecule has 5 heteroatoms. The summed E-state index contributed by atoms with van der Waals surface area (Å²) in [5.74, 6) is 0.793. The van der Waals surface area contributed by atoms with Crippen LogP contribution in [-0.4, -0.2) is 28.8 Å². The highest BCUT2D eigenvalue weighted by molar-refractivity contribution is 9.18. The zero-order chi connectivity index (χ0) is 14.0. The maximum absolute atomic E-state index is 6.02. The standard InChI is InChI=1S/C14H23BrN4/c1-9-7-19(11(3)18-9)8-13(10(2)16)14(15)17-6-12-4-5-12/h7,11-12,18H,4-6,8,16H2,1-3H3. The fourth-order valence-electron chi connectivity index (χ4n) is 2.13. The molecule has 0 amide bonds. The average molecular weight is 327 g/mol. The molecule has 1 heterocycles. The summed E-state index contributed by atoms with van der Waals surface area (Å²) in [5, 5.41) is 3.38. The fourth-order valence-corrected chi connectivity index (χ4v) is 2.72. The van der Waals surface area contributed by atoms with E-state index < -0.39 is 0 Å². The number of nitrogens with one attached hydrogen (secondary N) is 1. The highest BCUT2D eigenvalue weighted by Gasteiger charge is 2.22. The van der Waals surface area contributed by atoms with Crippen molar-refractivity contribution in [3.05, 3.63) is 23.2 Å². The van der Waals surface area contributed by atoms with Gasteiger partial charge in [-0.05, 0) is 55.5 Å². The zero-order valence-electron chi connectivity index (χ0n) is 11.9. The fraction of sp³-hybridized carbons (Fsp3) is 0.643. The van der Waals surface area contributed by atoms with Gasteiger partial charge in [0.2, 0.25) is 0 Å². The van der Waals surface area contributed by atoms with Crippen LogP contribution in [0.1, 0.15) is 33.6 Å².